The Morgan fingerprint density at radius 1 is 0.318 bits per heavy atom. The van der Waals surface area contributed by atoms with Gasteiger partial charge in [-0.25, -0.2) is 15.0 Å². The molecule has 0 bridgehead atoms. The van der Waals surface area contributed by atoms with Gasteiger partial charge in [0.05, 0.1) is 39.3 Å². The molecular formula is C40H24N4. The summed E-state index contributed by atoms with van der Waals surface area (Å²) in [7, 11) is 0. The zero-order valence-electron chi connectivity index (χ0n) is 23.6. The molecule has 4 aromatic heterocycles. The van der Waals surface area contributed by atoms with Crippen LogP contribution in [0.15, 0.2) is 146 Å². The molecule has 9 rings (SSSR count). The zero-order chi connectivity index (χ0) is 29.0. The molecule has 0 N–H and O–H groups in total. The zero-order valence-corrected chi connectivity index (χ0v) is 23.6. The first-order valence-electron chi connectivity index (χ1n) is 14.7. The summed E-state index contributed by atoms with van der Waals surface area (Å²) in [5.74, 6) is 0. The van der Waals surface area contributed by atoms with E-state index >= 15 is 0 Å². The van der Waals surface area contributed by atoms with Crippen molar-refractivity contribution in [1.82, 2.24) is 19.9 Å². The second kappa shape index (κ2) is 9.79. The maximum Gasteiger partial charge on any atom is 0.0973 e. The van der Waals surface area contributed by atoms with Gasteiger partial charge in [-0.2, -0.15) is 0 Å². The van der Waals surface area contributed by atoms with Gasteiger partial charge in [0.1, 0.15) is 0 Å². The first-order chi connectivity index (χ1) is 21.7. The fourth-order valence-corrected chi connectivity index (χ4v) is 6.12. The van der Waals surface area contributed by atoms with E-state index in [0.717, 1.165) is 72.0 Å². The lowest BCUT2D eigenvalue weighted by Crippen LogP contribution is -1.92. The van der Waals surface area contributed by atoms with Gasteiger partial charge < -0.3 is 0 Å². The fourth-order valence-electron chi connectivity index (χ4n) is 6.12. The number of hydrogen-bond donors (Lipinski definition) is 0. The van der Waals surface area contributed by atoms with Crippen molar-refractivity contribution in [2.75, 3.05) is 0 Å². The number of benzene rings is 5. The number of fused-ring (bicyclic) bond motifs is 6. The third-order valence-corrected chi connectivity index (χ3v) is 8.44. The molecule has 4 nitrogen and oxygen atoms in total. The Hall–Kier alpha value is -6.00. The molecular weight excluding hydrogens is 536 g/mol. The molecule has 0 aliphatic rings. The van der Waals surface area contributed by atoms with Gasteiger partial charge in [0.25, 0.3) is 0 Å². The molecule has 0 radical (unpaired) electrons. The first-order valence-corrected chi connectivity index (χ1v) is 14.7. The highest BCUT2D eigenvalue weighted by molar-refractivity contribution is 6.04. The summed E-state index contributed by atoms with van der Waals surface area (Å²) < 4.78 is 0. The topological polar surface area (TPSA) is 51.6 Å². The summed E-state index contributed by atoms with van der Waals surface area (Å²) in [4.78, 5) is 19.7. The predicted molar refractivity (Wildman–Crippen MR) is 181 cm³/mol. The van der Waals surface area contributed by atoms with Crippen molar-refractivity contribution in [3.63, 3.8) is 0 Å². The van der Waals surface area contributed by atoms with Crippen LogP contribution in [-0.4, -0.2) is 19.9 Å². The molecule has 0 unspecified atom stereocenters. The second-order valence-electron chi connectivity index (χ2n) is 11.2. The number of aromatic nitrogens is 4. The predicted octanol–water partition coefficient (Wildman–Crippen LogP) is 10.0. The molecule has 4 heteroatoms. The van der Waals surface area contributed by atoms with E-state index in [2.05, 4.69) is 120 Å². The molecule has 0 fully saturated rings. The maximum absolute atomic E-state index is 5.14. The minimum atomic E-state index is 0.841. The van der Waals surface area contributed by atoms with Crippen LogP contribution < -0.4 is 0 Å². The Morgan fingerprint density at radius 2 is 0.841 bits per heavy atom. The number of nitrogens with zero attached hydrogens (tertiary/aromatic N) is 4. The number of hydrogen-bond acceptors (Lipinski definition) is 4. The van der Waals surface area contributed by atoms with Gasteiger partial charge in [-0.05, 0) is 76.1 Å². The van der Waals surface area contributed by atoms with Crippen molar-refractivity contribution in [2.24, 2.45) is 0 Å². The molecule has 204 valence electrons. The van der Waals surface area contributed by atoms with Crippen molar-refractivity contribution in [1.29, 1.82) is 0 Å². The van der Waals surface area contributed by atoms with E-state index < -0.39 is 0 Å². The summed E-state index contributed by atoms with van der Waals surface area (Å²) in [6.07, 6.45) is 1.79. The lowest BCUT2D eigenvalue weighted by atomic mass is 10.00. The average Bonchev–Trinajstić information content (AvgIpc) is 3.10. The minimum Gasteiger partial charge on any atom is -0.255 e. The van der Waals surface area contributed by atoms with E-state index in [-0.39, 0.29) is 0 Å². The van der Waals surface area contributed by atoms with Crippen molar-refractivity contribution in [3.8, 4) is 33.9 Å². The van der Waals surface area contributed by atoms with Crippen molar-refractivity contribution in [3.05, 3.63) is 146 Å². The van der Waals surface area contributed by atoms with Crippen molar-refractivity contribution in [2.45, 2.75) is 0 Å². The molecule has 0 amide bonds. The molecule has 0 aliphatic heterocycles. The van der Waals surface area contributed by atoms with Crippen molar-refractivity contribution >= 4 is 54.3 Å². The van der Waals surface area contributed by atoms with Gasteiger partial charge in [-0.1, -0.05) is 84.9 Å². The Balaban J connectivity index is 1.10. The second-order valence-corrected chi connectivity index (χ2v) is 11.2. The van der Waals surface area contributed by atoms with Crippen LogP contribution >= 0.6 is 0 Å². The number of pyridine rings is 4. The summed E-state index contributed by atoms with van der Waals surface area (Å²) in [6.45, 7) is 0. The van der Waals surface area contributed by atoms with E-state index in [1.165, 1.54) is 16.2 Å². The number of rotatable bonds is 3. The van der Waals surface area contributed by atoms with Crippen LogP contribution in [0.4, 0.5) is 0 Å². The molecule has 5 aromatic carbocycles. The molecule has 4 heterocycles. The Labute approximate surface area is 253 Å². The van der Waals surface area contributed by atoms with Gasteiger partial charge in [0, 0.05) is 33.5 Å². The van der Waals surface area contributed by atoms with Crippen molar-refractivity contribution < 1.29 is 0 Å². The lowest BCUT2D eigenvalue weighted by molar-refractivity contribution is 1.27. The molecule has 0 saturated heterocycles. The van der Waals surface area contributed by atoms with Gasteiger partial charge in [0.2, 0.25) is 0 Å². The summed E-state index contributed by atoms with van der Waals surface area (Å²) in [6, 6.07) is 48.6. The Bertz CT molecular complexity index is 2560. The van der Waals surface area contributed by atoms with E-state index in [0.29, 0.717) is 0 Å². The van der Waals surface area contributed by atoms with E-state index in [9.17, 15) is 0 Å². The highest BCUT2D eigenvalue weighted by Gasteiger charge is 2.11. The van der Waals surface area contributed by atoms with Crippen LogP contribution in [0.1, 0.15) is 0 Å². The standard InChI is InChI=1S/C40H24N4/c1-2-6-28-24-38-33(21-27(28)5-1)16-18-34(42-38)31-12-10-30-23-32(13-11-29(30)22-31)35-17-14-25-8-9-26-15-19-37(36-7-3-4-20-41-36)44-40(26)39(25)43-35/h1-24H. The molecule has 9 aromatic rings. The minimum absolute atomic E-state index is 0.841. The molecule has 0 spiro atoms. The largest absolute Gasteiger partial charge is 0.255 e. The fraction of sp³-hybridized carbons (Fsp3) is 0. The summed E-state index contributed by atoms with van der Waals surface area (Å²) >= 11 is 0. The first kappa shape index (κ1) is 24.6. The molecule has 0 atom stereocenters. The highest BCUT2D eigenvalue weighted by atomic mass is 14.8. The quantitative estimate of drug-likeness (QED) is 0.159. The van der Waals surface area contributed by atoms with Crippen LogP contribution in [0, 0.1) is 0 Å². The monoisotopic (exact) mass is 560 g/mol. The van der Waals surface area contributed by atoms with Crippen LogP contribution in [0.3, 0.4) is 0 Å². The van der Waals surface area contributed by atoms with E-state index in [1.807, 2.05) is 24.3 Å². The van der Waals surface area contributed by atoms with Gasteiger partial charge >= 0.3 is 0 Å². The van der Waals surface area contributed by atoms with E-state index in [1.54, 1.807) is 6.20 Å². The SMILES string of the molecule is c1ccc(-c2ccc3ccc4ccc(-c5ccc6cc(-c7ccc8cc9ccccc9cc8n7)ccc6c5)nc4c3n2)nc1. The summed E-state index contributed by atoms with van der Waals surface area (Å²) in [5, 5.41) is 8.03. The van der Waals surface area contributed by atoms with Crippen LogP contribution in [-0.2, 0) is 0 Å². The van der Waals surface area contributed by atoms with Gasteiger partial charge in [-0.15, -0.1) is 0 Å². The Morgan fingerprint density at radius 3 is 1.52 bits per heavy atom. The lowest BCUT2D eigenvalue weighted by Gasteiger charge is -2.09. The van der Waals surface area contributed by atoms with Crippen LogP contribution in [0.2, 0.25) is 0 Å². The third kappa shape index (κ3) is 4.16. The summed E-state index contributed by atoms with van der Waals surface area (Å²) in [5.41, 5.74) is 8.54. The van der Waals surface area contributed by atoms with E-state index in [4.69, 9.17) is 15.0 Å². The maximum atomic E-state index is 5.14. The molecule has 0 aliphatic carbocycles. The van der Waals surface area contributed by atoms with Crippen LogP contribution in [0.25, 0.3) is 88.2 Å². The normalized spacial score (nSPS) is 11.6. The van der Waals surface area contributed by atoms with Crippen LogP contribution in [0.5, 0.6) is 0 Å². The molecule has 0 saturated carbocycles. The molecule has 44 heavy (non-hydrogen) atoms. The highest BCUT2D eigenvalue weighted by Crippen LogP contribution is 2.32. The van der Waals surface area contributed by atoms with Gasteiger partial charge in [0.15, 0.2) is 0 Å². The smallest absolute Gasteiger partial charge is 0.0973 e. The average molecular weight is 561 g/mol. The Kier molecular flexibility index (Phi) is 5.47. The van der Waals surface area contributed by atoms with Gasteiger partial charge in [-0.3, -0.25) is 4.98 Å². The third-order valence-electron chi connectivity index (χ3n) is 8.44.